The number of carbonyl (C=O) groups is 1. The van der Waals surface area contributed by atoms with E-state index in [1.54, 1.807) is 4.90 Å². The highest BCUT2D eigenvalue weighted by atomic mass is 19.1. The predicted octanol–water partition coefficient (Wildman–Crippen LogP) is 2.11. The van der Waals surface area contributed by atoms with E-state index in [0.717, 1.165) is 25.5 Å². The minimum atomic E-state index is -1.16. The first-order valence-corrected chi connectivity index (χ1v) is 6.71. The topological polar surface area (TPSA) is 75.8 Å². The maximum absolute atomic E-state index is 14.0. The van der Waals surface area contributed by atoms with Crippen molar-refractivity contribution in [2.24, 2.45) is 0 Å². The van der Waals surface area contributed by atoms with Gasteiger partial charge in [0.05, 0.1) is 17.4 Å². The molecule has 3 N–H and O–H groups in total. The molecule has 20 heavy (non-hydrogen) atoms. The van der Waals surface area contributed by atoms with Crippen LogP contribution in [0.15, 0.2) is 12.1 Å². The molecule has 0 saturated carbocycles. The van der Waals surface area contributed by atoms with Crippen LogP contribution in [0.1, 0.15) is 30.1 Å². The average Bonchev–Trinajstić information content (AvgIpc) is 2.89. The number of rotatable bonds is 5. The molecule has 2 rings (SSSR count). The first-order valence-electron chi connectivity index (χ1n) is 6.71. The summed E-state index contributed by atoms with van der Waals surface area (Å²) in [5.41, 5.74) is 5.65. The third-order valence-electron chi connectivity index (χ3n) is 3.52. The molecule has 1 aromatic carbocycles. The summed E-state index contributed by atoms with van der Waals surface area (Å²) in [6, 6.07) is 2.36. The Morgan fingerprint density at radius 3 is 2.90 bits per heavy atom. The molecule has 0 amide bonds. The third kappa shape index (κ3) is 3.01. The lowest BCUT2D eigenvalue weighted by atomic mass is 10.1. The van der Waals surface area contributed by atoms with E-state index in [1.165, 1.54) is 6.07 Å². The van der Waals surface area contributed by atoms with Crippen LogP contribution in [0.5, 0.6) is 0 Å². The summed E-state index contributed by atoms with van der Waals surface area (Å²) in [6.07, 6.45) is 2.02. The summed E-state index contributed by atoms with van der Waals surface area (Å²) in [7, 11) is 0. The Bertz CT molecular complexity index is 501. The van der Waals surface area contributed by atoms with Gasteiger partial charge >= 0.3 is 5.97 Å². The molecular formula is C14H19FN2O3. The molecule has 1 saturated heterocycles. The van der Waals surface area contributed by atoms with Crippen LogP contribution in [-0.4, -0.2) is 36.9 Å². The van der Waals surface area contributed by atoms with Gasteiger partial charge in [0.15, 0.2) is 0 Å². The lowest BCUT2D eigenvalue weighted by Gasteiger charge is -2.27. The summed E-state index contributed by atoms with van der Waals surface area (Å²) >= 11 is 0. The molecule has 0 aromatic heterocycles. The van der Waals surface area contributed by atoms with Gasteiger partial charge in [-0.2, -0.15) is 0 Å². The molecule has 1 aliphatic heterocycles. The fourth-order valence-electron chi connectivity index (χ4n) is 2.44. The lowest BCUT2D eigenvalue weighted by Crippen LogP contribution is -2.32. The molecule has 0 radical (unpaired) electrons. The van der Waals surface area contributed by atoms with Crippen molar-refractivity contribution in [3.63, 3.8) is 0 Å². The molecular weight excluding hydrogens is 263 g/mol. The molecule has 0 spiro atoms. The van der Waals surface area contributed by atoms with E-state index in [1.807, 2.05) is 6.92 Å². The van der Waals surface area contributed by atoms with E-state index in [4.69, 9.17) is 15.6 Å². The SMILES string of the molecule is CCN(CC1CCCO1)c1cc(C(=O)O)c(N)cc1F. The standard InChI is InChI=1S/C14H19FN2O3/c1-2-17(8-9-4-3-5-20-9)13-6-10(14(18)19)12(16)7-11(13)15/h6-7,9H,2-5,8,16H2,1H3,(H,18,19). The van der Waals surface area contributed by atoms with Crippen molar-refractivity contribution >= 4 is 17.3 Å². The zero-order valence-electron chi connectivity index (χ0n) is 11.4. The van der Waals surface area contributed by atoms with Gasteiger partial charge in [0.2, 0.25) is 0 Å². The van der Waals surface area contributed by atoms with Gasteiger partial charge in [-0.15, -0.1) is 0 Å². The van der Waals surface area contributed by atoms with E-state index in [2.05, 4.69) is 0 Å². The number of anilines is 2. The average molecular weight is 282 g/mol. The smallest absolute Gasteiger partial charge is 0.337 e. The number of nitrogens with two attached hydrogens (primary N) is 1. The Morgan fingerprint density at radius 1 is 1.60 bits per heavy atom. The number of halogens is 1. The van der Waals surface area contributed by atoms with Crippen molar-refractivity contribution in [2.75, 3.05) is 30.3 Å². The molecule has 5 nitrogen and oxygen atoms in total. The van der Waals surface area contributed by atoms with Crippen LogP contribution in [0.2, 0.25) is 0 Å². The van der Waals surface area contributed by atoms with Gasteiger partial charge in [-0.05, 0) is 31.9 Å². The summed E-state index contributed by atoms with van der Waals surface area (Å²) in [5.74, 6) is -1.66. The van der Waals surface area contributed by atoms with Gasteiger partial charge in [-0.3, -0.25) is 0 Å². The zero-order valence-corrected chi connectivity index (χ0v) is 11.4. The molecule has 1 unspecified atom stereocenters. The minimum Gasteiger partial charge on any atom is -0.478 e. The van der Waals surface area contributed by atoms with Crippen LogP contribution in [-0.2, 0) is 4.74 Å². The molecule has 0 bridgehead atoms. The first kappa shape index (κ1) is 14.6. The highest BCUT2D eigenvalue weighted by Crippen LogP contribution is 2.27. The predicted molar refractivity (Wildman–Crippen MR) is 74.6 cm³/mol. The number of hydrogen-bond acceptors (Lipinski definition) is 4. The maximum atomic E-state index is 14.0. The van der Waals surface area contributed by atoms with Crippen LogP contribution < -0.4 is 10.6 Å². The molecule has 1 heterocycles. The van der Waals surface area contributed by atoms with Crippen LogP contribution in [0, 0.1) is 5.82 Å². The number of nitrogens with zero attached hydrogens (tertiary/aromatic N) is 1. The van der Waals surface area contributed by atoms with Crippen molar-refractivity contribution < 1.29 is 19.0 Å². The van der Waals surface area contributed by atoms with Gasteiger partial charge in [0.25, 0.3) is 0 Å². The van der Waals surface area contributed by atoms with E-state index >= 15 is 0 Å². The Hall–Kier alpha value is -1.82. The van der Waals surface area contributed by atoms with Crippen LogP contribution in [0.4, 0.5) is 15.8 Å². The number of carboxylic acid groups (broad SMARTS) is 1. The fraction of sp³-hybridized carbons (Fsp3) is 0.500. The van der Waals surface area contributed by atoms with Crippen molar-refractivity contribution in [2.45, 2.75) is 25.9 Å². The van der Waals surface area contributed by atoms with Gasteiger partial charge in [-0.25, -0.2) is 9.18 Å². The second-order valence-electron chi connectivity index (χ2n) is 4.87. The zero-order chi connectivity index (χ0) is 14.7. The number of carboxylic acids is 1. The molecule has 6 heteroatoms. The summed E-state index contributed by atoms with van der Waals surface area (Å²) in [4.78, 5) is 12.9. The third-order valence-corrected chi connectivity index (χ3v) is 3.52. The van der Waals surface area contributed by atoms with Crippen LogP contribution >= 0.6 is 0 Å². The van der Waals surface area contributed by atoms with Crippen LogP contribution in [0.3, 0.4) is 0 Å². The quantitative estimate of drug-likeness (QED) is 0.809. The normalized spacial score (nSPS) is 18.2. The highest BCUT2D eigenvalue weighted by Gasteiger charge is 2.22. The van der Waals surface area contributed by atoms with E-state index < -0.39 is 11.8 Å². The molecule has 110 valence electrons. The molecule has 1 aliphatic rings. The molecule has 0 aliphatic carbocycles. The maximum Gasteiger partial charge on any atom is 0.337 e. The minimum absolute atomic E-state index is 0.0630. The Labute approximate surface area is 117 Å². The summed E-state index contributed by atoms with van der Waals surface area (Å²) in [5, 5.41) is 9.07. The molecule has 1 fully saturated rings. The largest absolute Gasteiger partial charge is 0.478 e. The number of benzene rings is 1. The van der Waals surface area contributed by atoms with Gasteiger partial charge in [-0.1, -0.05) is 0 Å². The number of likely N-dealkylation sites (N-methyl/N-ethyl adjacent to an activating group) is 1. The number of ether oxygens (including phenoxy) is 1. The lowest BCUT2D eigenvalue weighted by molar-refractivity contribution is 0.0698. The van der Waals surface area contributed by atoms with E-state index in [0.29, 0.717) is 13.1 Å². The monoisotopic (exact) mass is 282 g/mol. The number of aromatic carboxylic acids is 1. The first-order chi connectivity index (χ1) is 9.52. The fourth-order valence-corrected chi connectivity index (χ4v) is 2.44. The van der Waals surface area contributed by atoms with Crippen molar-refractivity contribution in [1.82, 2.24) is 0 Å². The Morgan fingerprint density at radius 2 is 2.35 bits per heavy atom. The van der Waals surface area contributed by atoms with Crippen molar-refractivity contribution in [1.29, 1.82) is 0 Å². The Balaban J connectivity index is 2.28. The van der Waals surface area contributed by atoms with Gasteiger partial charge in [0.1, 0.15) is 5.82 Å². The second kappa shape index (κ2) is 6.09. The number of hydrogen-bond donors (Lipinski definition) is 2. The Kier molecular flexibility index (Phi) is 4.44. The second-order valence-corrected chi connectivity index (χ2v) is 4.87. The van der Waals surface area contributed by atoms with Crippen molar-refractivity contribution in [3.05, 3.63) is 23.5 Å². The summed E-state index contributed by atoms with van der Waals surface area (Å²) < 4.78 is 19.6. The van der Waals surface area contributed by atoms with E-state index in [9.17, 15) is 9.18 Å². The summed E-state index contributed by atoms with van der Waals surface area (Å²) in [6.45, 7) is 3.74. The van der Waals surface area contributed by atoms with Gasteiger partial charge in [0, 0.05) is 25.4 Å². The highest BCUT2D eigenvalue weighted by molar-refractivity contribution is 5.95. The molecule has 1 atom stereocenters. The number of nitrogen functional groups attached to an aromatic ring is 1. The van der Waals surface area contributed by atoms with Crippen molar-refractivity contribution in [3.8, 4) is 0 Å². The van der Waals surface area contributed by atoms with Crippen LogP contribution in [0.25, 0.3) is 0 Å². The van der Waals surface area contributed by atoms with E-state index in [-0.39, 0.29) is 23.0 Å². The molecule has 1 aromatic rings. The van der Waals surface area contributed by atoms with Gasteiger partial charge < -0.3 is 20.5 Å².